The topological polar surface area (TPSA) is 83.4 Å². The largest absolute Gasteiger partial charge is 0.390 e. The van der Waals surface area contributed by atoms with E-state index < -0.39 is 9.84 Å². The van der Waals surface area contributed by atoms with Crippen LogP contribution in [0.1, 0.15) is 12.1 Å². The van der Waals surface area contributed by atoms with Gasteiger partial charge in [-0.15, -0.1) is 5.10 Å². The highest BCUT2D eigenvalue weighted by atomic mass is 32.2. The molecule has 1 atom stereocenters. The summed E-state index contributed by atoms with van der Waals surface area (Å²) in [5, 5.41) is 16.6. The number of hydrogen-bond acceptors (Lipinski definition) is 6. The van der Waals surface area contributed by atoms with E-state index in [0.717, 1.165) is 0 Å². The van der Waals surface area contributed by atoms with Crippen molar-refractivity contribution < 1.29 is 13.5 Å². The highest BCUT2D eigenvalue weighted by Crippen LogP contribution is 2.20. The highest BCUT2D eigenvalue weighted by molar-refractivity contribution is 7.91. The number of sulfone groups is 1. The van der Waals surface area contributed by atoms with Gasteiger partial charge in [0.05, 0.1) is 23.8 Å². The van der Waals surface area contributed by atoms with Gasteiger partial charge < -0.3 is 10.0 Å². The average molecular weight is 257 g/mol. The Bertz CT molecular complexity index is 486. The zero-order valence-electron chi connectivity index (χ0n) is 9.57. The van der Waals surface area contributed by atoms with Gasteiger partial charge in [0.1, 0.15) is 0 Å². The molecule has 0 spiro atoms. The van der Waals surface area contributed by atoms with Crippen LogP contribution in [0.25, 0.3) is 0 Å². The van der Waals surface area contributed by atoms with E-state index in [2.05, 4.69) is 10.2 Å². The minimum Gasteiger partial charge on any atom is -0.390 e. The van der Waals surface area contributed by atoms with Gasteiger partial charge in [0, 0.05) is 13.1 Å². The normalized spacial score (nSPS) is 22.6. The smallest absolute Gasteiger partial charge is 0.152 e. The summed E-state index contributed by atoms with van der Waals surface area (Å²) >= 11 is 0. The summed E-state index contributed by atoms with van der Waals surface area (Å²) in [6, 6.07) is 3.39. The summed E-state index contributed by atoms with van der Waals surface area (Å²) in [5.41, 5.74) is 0.501. The molecule has 1 N–H and O–H groups in total. The van der Waals surface area contributed by atoms with E-state index in [1.807, 2.05) is 11.9 Å². The first-order chi connectivity index (χ1) is 8.02. The third-order valence-electron chi connectivity index (χ3n) is 2.99. The van der Waals surface area contributed by atoms with Gasteiger partial charge in [-0.05, 0) is 18.6 Å². The molecule has 0 radical (unpaired) electrons. The predicted molar refractivity (Wildman–Crippen MR) is 63.4 cm³/mol. The molecule has 1 unspecified atom stereocenters. The van der Waals surface area contributed by atoms with Crippen LogP contribution < -0.4 is 4.90 Å². The van der Waals surface area contributed by atoms with Crippen molar-refractivity contribution in [2.75, 3.05) is 23.5 Å². The fourth-order valence-electron chi connectivity index (χ4n) is 1.89. The van der Waals surface area contributed by atoms with Crippen LogP contribution in [-0.4, -0.2) is 48.3 Å². The van der Waals surface area contributed by atoms with E-state index in [1.165, 1.54) is 0 Å². The summed E-state index contributed by atoms with van der Waals surface area (Å²) in [5.74, 6) is 1.04. The van der Waals surface area contributed by atoms with Crippen LogP contribution in [0.5, 0.6) is 0 Å². The Morgan fingerprint density at radius 3 is 2.71 bits per heavy atom. The Kier molecular flexibility index (Phi) is 3.30. The molecule has 2 heterocycles. The molecule has 0 saturated carbocycles. The maximum atomic E-state index is 11.4. The molecule has 0 amide bonds. The summed E-state index contributed by atoms with van der Waals surface area (Å²) < 4.78 is 22.8. The van der Waals surface area contributed by atoms with Crippen molar-refractivity contribution in [2.45, 2.75) is 19.1 Å². The molecule has 1 aliphatic heterocycles. The predicted octanol–water partition coefficient (Wildman–Crippen LogP) is -0.408. The minimum absolute atomic E-state index is 0.0331. The molecule has 17 heavy (non-hydrogen) atoms. The second-order valence-corrected chi connectivity index (χ2v) is 6.44. The number of aliphatic hydroxyl groups excluding tert-OH is 1. The van der Waals surface area contributed by atoms with Crippen molar-refractivity contribution in [3.05, 3.63) is 17.8 Å². The number of aliphatic hydroxyl groups is 1. The molecule has 1 aliphatic rings. The Balaban J connectivity index is 2.11. The Morgan fingerprint density at radius 1 is 1.47 bits per heavy atom. The standard InChI is InChI=1S/C10H15N3O3S/c1-13(9-4-5-17(15,16)7-9)10-3-2-8(6-14)11-12-10/h2-3,9,14H,4-7H2,1H3. The average Bonchev–Trinajstić information content (AvgIpc) is 2.69. The third-order valence-corrected chi connectivity index (χ3v) is 4.74. The maximum absolute atomic E-state index is 11.4. The quantitative estimate of drug-likeness (QED) is 0.792. The van der Waals surface area contributed by atoms with Gasteiger partial charge in [-0.1, -0.05) is 0 Å². The molecule has 1 aromatic rings. The number of aromatic nitrogens is 2. The minimum atomic E-state index is -2.89. The second kappa shape index (κ2) is 4.58. The number of nitrogens with zero attached hydrogens (tertiary/aromatic N) is 3. The van der Waals surface area contributed by atoms with Crippen LogP contribution in [0, 0.1) is 0 Å². The van der Waals surface area contributed by atoms with E-state index in [-0.39, 0.29) is 24.2 Å². The molecule has 0 aromatic carbocycles. The van der Waals surface area contributed by atoms with Gasteiger partial charge in [-0.3, -0.25) is 0 Å². The fourth-order valence-corrected chi connectivity index (χ4v) is 3.67. The summed E-state index contributed by atoms with van der Waals surface area (Å²) in [7, 11) is -1.08. The van der Waals surface area contributed by atoms with Crippen molar-refractivity contribution in [3.63, 3.8) is 0 Å². The molecule has 1 aromatic heterocycles. The maximum Gasteiger partial charge on any atom is 0.152 e. The van der Waals surface area contributed by atoms with Gasteiger partial charge in [0.25, 0.3) is 0 Å². The molecule has 0 aliphatic carbocycles. The highest BCUT2D eigenvalue weighted by Gasteiger charge is 2.31. The first kappa shape index (κ1) is 12.3. The van der Waals surface area contributed by atoms with Gasteiger partial charge in [0.2, 0.25) is 0 Å². The lowest BCUT2D eigenvalue weighted by atomic mass is 10.2. The molecule has 7 heteroatoms. The zero-order chi connectivity index (χ0) is 12.5. The summed E-state index contributed by atoms with van der Waals surface area (Å²) in [4.78, 5) is 1.83. The lowest BCUT2D eigenvalue weighted by Gasteiger charge is -2.23. The van der Waals surface area contributed by atoms with E-state index in [4.69, 9.17) is 5.11 Å². The Hall–Kier alpha value is -1.21. The van der Waals surface area contributed by atoms with Crippen LogP contribution in [0.15, 0.2) is 12.1 Å². The molecular formula is C10H15N3O3S. The van der Waals surface area contributed by atoms with Crippen molar-refractivity contribution in [1.82, 2.24) is 10.2 Å². The van der Waals surface area contributed by atoms with Crippen LogP contribution in [0.4, 0.5) is 5.82 Å². The first-order valence-electron chi connectivity index (χ1n) is 5.38. The summed E-state index contributed by atoms with van der Waals surface area (Å²) in [6.07, 6.45) is 0.627. The van der Waals surface area contributed by atoms with Crippen LogP contribution in [-0.2, 0) is 16.4 Å². The zero-order valence-corrected chi connectivity index (χ0v) is 10.4. The lowest BCUT2D eigenvalue weighted by Crippen LogP contribution is -2.33. The Labute approximate surface area is 100 Å². The van der Waals surface area contributed by atoms with Gasteiger partial charge in [-0.2, -0.15) is 5.10 Å². The molecule has 1 saturated heterocycles. The second-order valence-electron chi connectivity index (χ2n) is 4.21. The SMILES string of the molecule is CN(c1ccc(CO)nn1)C1CCS(=O)(=O)C1. The third kappa shape index (κ3) is 2.73. The fraction of sp³-hybridized carbons (Fsp3) is 0.600. The molecule has 0 bridgehead atoms. The molecule has 6 nitrogen and oxygen atoms in total. The first-order valence-corrected chi connectivity index (χ1v) is 7.21. The van der Waals surface area contributed by atoms with E-state index >= 15 is 0 Å². The van der Waals surface area contributed by atoms with Crippen molar-refractivity contribution in [1.29, 1.82) is 0 Å². The van der Waals surface area contributed by atoms with Gasteiger partial charge in [-0.25, -0.2) is 8.42 Å². The molecule has 2 rings (SSSR count). The van der Waals surface area contributed by atoms with E-state index in [9.17, 15) is 8.42 Å². The van der Waals surface area contributed by atoms with E-state index in [0.29, 0.717) is 17.9 Å². The summed E-state index contributed by atoms with van der Waals surface area (Å²) in [6.45, 7) is -0.144. The lowest BCUT2D eigenvalue weighted by molar-refractivity contribution is 0.275. The molecular weight excluding hydrogens is 242 g/mol. The van der Waals surface area contributed by atoms with Crippen molar-refractivity contribution in [3.8, 4) is 0 Å². The van der Waals surface area contributed by atoms with Crippen LogP contribution >= 0.6 is 0 Å². The van der Waals surface area contributed by atoms with Gasteiger partial charge >= 0.3 is 0 Å². The monoisotopic (exact) mass is 257 g/mol. The van der Waals surface area contributed by atoms with Crippen molar-refractivity contribution in [2.24, 2.45) is 0 Å². The van der Waals surface area contributed by atoms with Crippen LogP contribution in [0.3, 0.4) is 0 Å². The molecule has 94 valence electrons. The number of hydrogen-bond donors (Lipinski definition) is 1. The number of anilines is 1. The van der Waals surface area contributed by atoms with Crippen LogP contribution in [0.2, 0.25) is 0 Å². The Morgan fingerprint density at radius 2 is 2.24 bits per heavy atom. The van der Waals surface area contributed by atoms with E-state index in [1.54, 1.807) is 12.1 Å². The van der Waals surface area contributed by atoms with Gasteiger partial charge in [0.15, 0.2) is 15.7 Å². The number of rotatable bonds is 3. The van der Waals surface area contributed by atoms with Crippen molar-refractivity contribution >= 4 is 15.7 Å². The molecule has 1 fully saturated rings.